The van der Waals surface area contributed by atoms with Crippen molar-refractivity contribution in [3.8, 4) is 0 Å². The summed E-state index contributed by atoms with van der Waals surface area (Å²) in [6.07, 6.45) is 0.483. The molecule has 0 aromatic heterocycles. The van der Waals surface area contributed by atoms with E-state index in [-0.39, 0.29) is 23.4 Å². The predicted octanol–water partition coefficient (Wildman–Crippen LogP) is 3.66. The molecule has 1 fully saturated rings. The van der Waals surface area contributed by atoms with Gasteiger partial charge in [0, 0.05) is 5.69 Å². The SMILES string of the molecule is Cc1cc(C)cc(NC(=O)C2CC2C(=O)Nc2ccccc2F)c1. The highest BCUT2D eigenvalue weighted by Crippen LogP contribution is 2.40. The van der Waals surface area contributed by atoms with Crippen LogP contribution >= 0.6 is 0 Å². The van der Waals surface area contributed by atoms with Crippen LogP contribution in [0.3, 0.4) is 0 Å². The normalized spacial score (nSPS) is 18.8. The molecule has 4 nitrogen and oxygen atoms in total. The highest BCUT2D eigenvalue weighted by molar-refractivity contribution is 6.03. The Morgan fingerprint density at radius 2 is 1.54 bits per heavy atom. The molecule has 0 radical (unpaired) electrons. The van der Waals surface area contributed by atoms with Crippen molar-refractivity contribution in [3.05, 3.63) is 59.4 Å². The summed E-state index contributed by atoms with van der Waals surface area (Å²) >= 11 is 0. The van der Waals surface area contributed by atoms with E-state index in [4.69, 9.17) is 0 Å². The van der Waals surface area contributed by atoms with Crippen LogP contribution in [0.1, 0.15) is 17.5 Å². The number of amides is 2. The number of anilines is 2. The van der Waals surface area contributed by atoms with Crippen LogP contribution in [-0.4, -0.2) is 11.8 Å². The average Bonchev–Trinajstić information content (AvgIpc) is 3.29. The van der Waals surface area contributed by atoms with Crippen molar-refractivity contribution >= 4 is 23.2 Å². The maximum absolute atomic E-state index is 13.6. The first kappa shape index (κ1) is 16.2. The van der Waals surface area contributed by atoms with Gasteiger partial charge in [0.15, 0.2) is 0 Å². The van der Waals surface area contributed by atoms with E-state index in [1.165, 1.54) is 12.1 Å². The van der Waals surface area contributed by atoms with Crippen LogP contribution in [0.2, 0.25) is 0 Å². The zero-order valence-corrected chi connectivity index (χ0v) is 13.6. The lowest BCUT2D eigenvalue weighted by Crippen LogP contribution is -2.21. The van der Waals surface area contributed by atoms with Crippen molar-refractivity contribution < 1.29 is 14.0 Å². The fraction of sp³-hybridized carbons (Fsp3) is 0.263. The lowest BCUT2D eigenvalue weighted by molar-refractivity contribution is -0.122. The van der Waals surface area contributed by atoms with Crippen molar-refractivity contribution in [1.29, 1.82) is 0 Å². The number of nitrogens with one attached hydrogen (secondary N) is 2. The van der Waals surface area contributed by atoms with E-state index in [2.05, 4.69) is 10.6 Å². The second kappa shape index (κ2) is 6.43. The lowest BCUT2D eigenvalue weighted by atomic mass is 10.1. The van der Waals surface area contributed by atoms with Crippen molar-refractivity contribution in [2.24, 2.45) is 11.8 Å². The molecule has 2 atom stereocenters. The molecule has 2 aromatic carbocycles. The Balaban J connectivity index is 1.59. The summed E-state index contributed by atoms with van der Waals surface area (Å²) in [6, 6.07) is 11.8. The summed E-state index contributed by atoms with van der Waals surface area (Å²) < 4.78 is 13.6. The zero-order chi connectivity index (χ0) is 17.3. The van der Waals surface area contributed by atoms with Crippen LogP contribution in [-0.2, 0) is 9.59 Å². The number of aryl methyl sites for hydroxylation is 2. The Labute approximate surface area is 140 Å². The van der Waals surface area contributed by atoms with Gasteiger partial charge in [-0.2, -0.15) is 0 Å². The fourth-order valence-electron chi connectivity index (χ4n) is 2.84. The Bertz CT molecular complexity index is 783. The first-order valence-electron chi connectivity index (χ1n) is 7.88. The number of rotatable bonds is 4. The first-order chi connectivity index (χ1) is 11.4. The van der Waals surface area contributed by atoms with Crippen molar-refractivity contribution in [2.45, 2.75) is 20.3 Å². The van der Waals surface area contributed by atoms with Gasteiger partial charge < -0.3 is 10.6 Å². The van der Waals surface area contributed by atoms with Gasteiger partial charge in [0.2, 0.25) is 11.8 Å². The monoisotopic (exact) mass is 326 g/mol. The molecule has 3 rings (SSSR count). The van der Waals surface area contributed by atoms with Gasteiger partial charge in [0.05, 0.1) is 17.5 Å². The molecule has 2 aromatic rings. The van der Waals surface area contributed by atoms with Crippen molar-refractivity contribution in [3.63, 3.8) is 0 Å². The van der Waals surface area contributed by atoms with Crippen LogP contribution in [0.25, 0.3) is 0 Å². The third-order valence-corrected chi connectivity index (χ3v) is 4.08. The molecule has 2 N–H and O–H groups in total. The number of carbonyl (C=O) groups is 2. The van der Waals surface area contributed by atoms with Gasteiger partial charge in [-0.05, 0) is 55.7 Å². The van der Waals surface area contributed by atoms with Crippen molar-refractivity contribution in [1.82, 2.24) is 0 Å². The van der Waals surface area contributed by atoms with Crippen LogP contribution in [0.4, 0.5) is 15.8 Å². The first-order valence-corrected chi connectivity index (χ1v) is 7.88. The molecule has 2 amide bonds. The minimum absolute atomic E-state index is 0.142. The van der Waals surface area contributed by atoms with Gasteiger partial charge >= 0.3 is 0 Å². The minimum Gasteiger partial charge on any atom is -0.326 e. The van der Waals surface area contributed by atoms with Crippen LogP contribution < -0.4 is 10.6 Å². The zero-order valence-electron chi connectivity index (χ0n) is 13.6. The molecule has 2 unspecified atom stereocenters. The maximum atomic E-state index is 13.6. The van der Waals surface area contributed by atoms with Crippen molar-refractivity contribution in [2.75, 3.05) is 10.6 Å². The molecule has 1 saturated carbocycles. The number of para-hydroxylation sites is 1. The number of carbonyl (C=O) groups excluding carboxylic acids is 2. The molecule has 0 aliphatic heterocycles. The second-order valence-electron chi connectivity index (χ2n) is 6.28. The summed E-state index contributed by atoms with van der Waals surface area (Å²) in [5.74, 6) is -1.75. The van der Waals surface area contributed by atoms with Gasteiger partial charge in [0.1, 0.15) is 5.82 Å². The lowest BCUT2D eigenvalue weighted by Gasteiger charge is -2.08. The Kier molecular flexibility index (Phi) is 4.34. The van der Waals surface area contributed by atoms with Gasteiger partial charge in [0.25, 0.3) is 0 Å². The van der Waals surface area contributed by atoms with E-state index in [9.17, 15) is 14.0 Å². The van der Waals surface area contributed by atoms with Gasteiger partial charge in [-0.25, -0.2) is 4.39 Å². The Hall–Kier alpha value is -2.69. The fourth-order valence-corrected chi connectivity index (χ4v) is 2.84. The number of benzene rings is 2. The third-order valence-electron chi connectivity index (χ3n) is 4.08. The summed E-state index contributed by atoms with van der Waals surface area (Å²) in [4.78, 5) is 24.4. The predicted molar refractivity (Wildman–Crippen MR) is 91.2 cm³/mol. The van der Waals surface area contributed by atoms with Gasteiger partial charge in [-0.1, -0.05) is 18.2 Å². The average molecular weight is 326 g/mol. The Morgan fingerprint density at radius 3 is 2.17 bits per heavy atom. The van der Waals surface area contributed by atoms with E-state index >= 15 is 0 Å². The number of halogens is 1. The maximum Gasteiger partial charge on any atom is 0.228 e. The summed E-state index contributed by atoms with van der Waals surface area (Å²) in [7, 11) is 0. The molecule has 0 heterocycles. The van der Waals surface area contributed by atoms with Crippen LogP contribution in [0.5, 0.6) is 0 Å². The summed E-state index contributed by atoms with van der Waals surface area (Å²) in [6.45, 7) is 3.93. The van der Waals surface area contributed by atoms with E-state index in [1.54, 1.807) is 12.1 Å². The van der Waals surface area contributed by atoms with Crippen LogP contribution in [0, 0.1) is 31.5 Å². The topological polar surface area (TPSA) is 58.2 Å². The summed E-state index contributed by atoms with van der Waals surface area (Å²) in [5, 5.41) is 5.40. The quantitative estimate of drug-likeness (QED) is 0.901. The van der Waals surface area contributed by atoms with Crippen LogP contribution in [0.15, 0.2) is 42.5 Å². The molecule has 0 bridgehead atoms. The second-order valence-corrected chi connectivity index (χ2v) is 6.28. The largest absolute Gasteiger partial charge is 0.326 e. The van der Waals surface area contributed by atoms with E-state index in [1.807, 2.05) is 32.0 Å². The molecule has 1 aliphatic rings. The molecule has 124 valence electrons. The van der Waals surface area contributed by atoms with E-state index in [0.717, 1.165) is 16.8 Å². The van der Waals surface area contributed by atoms with Gasteiger partial charge in [-0.15, -0.1) is 0 Å². The molecular formula is C19H19FN2O2. The molecule has 0 spiro atoms. The number of hydrogen-bond acceptors (Lipinski definition) is 2. The Morgan fingerprint density at radius 1 is 0.958 bits per heavy atom. The smallest absolute Gasteiger partial charge is 0.228 e. The molecule has 0 saturated heterocycles. The molecule has 24 heavy (non-hydrogen) atoms. The minimum atomic E-state index is -0.484. The standard InChI is InChI=1S/C19H19FN2O2/c1-11-7-12(2)9-13(8-11)21-18(23)14-10-15(14)19(24)22-17-6-4-3-5-16(17)20/h3-9,14-15H,10H2,1-2H3,(H,21,23)(H,22,24). The van der Waals surface area contributed by atoms with E-state index in [0.29, 0.717) is 6.42 Å². The van der Waals surface area contributed by atoms with Gasteiger partial charge in [-0.3, -0.25) is 9.59 Å². The highest BCUT2D eigenvalue weighted by Gasteiger charge is 2.48. The summed E-state index contributed by atoms with van der Waals surface area (Å²) in [5.41, 5.74) is 3.01. The highest BCUT2D eigenvalue weighted by atomic mass is 19.1. The third kappa shape index (κ3) is 3.62. The number of hydrogen-bond donors (Lipinski definition) is 2. The molecule has 5 heteroatoms. The molecule has 1 aliphatic carbocycles. The van der Waals surface area contributed by atoms with E-state index < -0.39 is 11.7 Å². The molecular weight excluding hydrogens is 307 g/mol.